The fourth-order valence-corrected chi connectivity index (χ4v) is 4.69. The van der Waals surface area contributed by atoms with Crippen molar-refractivity contribution >= 4 is 17.1 Å². The van der Waals surface area contributed by atoms with Crippen LogP contribution in [0.25, 0.3) is 22.6 Å². The summed E-state index contributed by atoms with van der Waals surface area (Å²) in [4.78, 5) is 2.19. The van der Waals surface area contributed by atoms with E-state index in [0.717, 1.165) is 17.1 Å². The molecule has 0 fully saturated rings. The average molecular weight is 600 g/mol. The molecule has 0 aliphatic carbocycles. The number of benzene rings is 3. The molecule has 0 aromatic heterocycles. The standard InChI is InChI=1S/C29H29NO.Ir/c1-17(2)21-10-12-23-24-14-22(18(3)4)11-13-26(24)30-16-31-29(28(30)25(23)15-21)27-19(5)8-7-9-20(27)6;/h7-12,14-18H,1-6H3;/q-2;. The number of aryl methyl sites for hydroxylation is 2. The Morgan fingerprint density at radius 1 is 0.844 bits per heavy atom. The first-order valence-electron chi connectivity index (χ1n) is 11.2. The van der Waals surface area contributed by atoms with E-state index in [9.17, 15) is 0 Å². The normalized spacial score (nSPS) is 14.2. The average Bonchev–Trinajstić information content (AvgIpc) is 3.18. The van der Waals surface area contributed by atoms with Crippen molar-refractivity contribution in [2.45, 2.75) is 53.4 Å². The first-order chi connectivity index (χ1) is 14.9. The molecule has 167 valence electrons. The van der Waals surface area contributed by atoms with Gasteiger partial charge in [-0.3, -0.25) is 0 Å². The van der Waals surface area contributed by atoms with E-state index in [1.54, 1.807) is 0 Å². The molecule has 0 spiro atoms. The maximum Gasteiger partial charge on any atom is 0.117 e. The minimum Gasteiger partial charge on any atom is -0.640 e. The molecule has 2 aliphatic rings. The van der Waals surface area contributed by atoms with Crippen LogP contribution in [-0.2, 0) is 24.8 Å². The molecule has 3 aromatic carbocycles. The summed E-state index contributed by atoms with van der Waals surface area (Å²) in [5.74, 6) is 1.86. The van der Waals surface area contributed by atoms with Crippen LogP contribution in [0.4, 0.5) is 5.69 Å². The van der Waals surface area contributed by atoms with Gasteiger partial charge in [0.15, 0.2) is 0 Å². The Kier molecular flexibility index (Phi) is 6.09. The largest absolute Gasteiger partial charge is 0.640 e. The second kappa shape index (κ2) is 8.54. The molecule has 32 heavy (non-hydrogen) atoms. The molecule has 0 unspecified atom stereocenters. The van der Waals surface area contributed by atoms with Gasteiger partial charge in [0.25, 0.3) is 0 Å². The SMILES string of the molecule is Cc1cccc(C)c1C1=C2c3cc(C(C)C)ccc3-c3cc(C(C)C)c[c-]c3N2[CH-]O1.[Ir]. The van der Waals surface area contributed by atoms with E-state index < -0.39 is 0 Å². The van der Waals surface area contributed by atoms with Crippen molar-refractivity contribution in [3.8, 4) is 11.1 Å². The van der Waals surface area contributed by atoms with Gasteiger partial charge in [0, 0.05) is 25.7 Å². The molecule has 0 N–H and O–H groups in total. The number of nitrogens with zero attached hydrogens (tertiary/aromatic N) is 1. The van der Waals surface area contributed by atoms with Gasteiger partial charge in [0.2, 0.25) is 0 Å². The molecule has 3 heteroatoms. The van der Waals surface area contributed by atoms with Gasteiger partial charge in [-0.15, -0.1) is 5.56 Å². The number of hydrogen-bond acceptors (Lipinski definition) is 2. The Morgan fingerprint density at radius 3 is 2.16 bits per heavy atom. The van der Waals surface area contributed by atoms with E-state index in [1.165, 1.54) is 44.5 Å². The van der Waals surface area contributed by atoms with Crippen LogP contribution in [0, 0.1) is 26.6 Å². The van der Waals surface area contributed by atoms with E-state index in [-0.39, 0.29) is 20.1 Å². The Balaban J connectivity index is 0.00000245. The van der Waals surface area contributed by atoms with Crippen LogP contribution in [0.5, 0.6) is 0 Å². The Bertz CT molecular complexity index is 1200. The predicted molar refractivity (Wildman–Crippen MR) is 129 cm³/mol. The summed E-state index contributed by atoms with van der Waals surface area (Å²) in [5, 5.41) is 0. The Hall–Kier alpha value is -2.35. The fraction of sp³-hybridized carbons (Fsp3) is 0.276. The topological polar surface area (TPSA) is 12.5 Å². The maximum atomic E-state index is 6.30. The second-order valence-corrected chi connectivity index (χ2v) is 9.35. The van der Waals surface area contributed by atoms with Crippen molar-refractivity contribution in [3.05, 3.63) is 94.7 Å². The fourth-order valence-electron chi connectivity index (χ4n) is 4.69. The van der Waals surface area contributed by atoms with Crippen molar-refractivity contribution in [2.24, 2.45) is 0 Å². The first kappa shape index (κ1) is 22.8. The van der Waals surface area contributed by atoms with Crippen molar-refractivity contribution in [3.63, 3.8) is 0 Å². The van der Waals surface area contributed by atoms with Gasteiger partial charge in [0.05, 0.1) is 5.70 Å². The van der Waals surface area contributed by atoms with Crippen LogP contribution in [0.3, 0.4) is 0 Å². The number of ether oxygens (including phenoxy) is 1. The molecular weight excluding hydrogens is 571 g/mol. The molecule has 0 saturated carbocycles. The minimum atomic E-state index is 0. The molecule has 0 saturated heterocycles. The summed E-state index contributed by atoms with van der Waals surface area (Å²) in [5.41, 5.74) is 12.2. The predicted octanol–water partition coefficient (Wildman–Crippen LogP) is 7.81. The third kappa shape index (κ3) is 3.52. The van der Waals surface area contributed by atoms with Crippen molar-refractivity contribution < 1.29 is 24.8 Å². The first-order valence-corrected chi connectivity index (χ1v) is 11.2. The molecule has 3 aromatic rings. The number of anilines is 1. The number of rotatable bonds is 3. The van der Waals surface area contributed by atoms with Crippen molar-refractivity contribution in [1.29, 1.82) is 0 Å². The van der Waals surface area contributed by atoms with E-state index in [0.29, 0.717) is 11.8 Å². The van der Waals surface area contributed by atoms with Gasteiger partial charge in [0.1, 0.15) is 5.76 Å². The summed E-state index contributed by atoms with van der Waals surface area (Å²) < 4.78 is 6.30. The molecule has 1 radical (unpaired) electrons. The zero-order valence-electron chi connectivity index (χ0n) is 19.5. The smallest absolute Gasteiger partial charge is 0.117 e. The van der Waals surface area contributed by atoms with E-state index in [2.05, 4.69) is 101 Å². The summed E-state index contributed by atoms with van der Waals surface area (Å²) in [6, 6.07) is 21.3. The van der Waals surface area contributed by atoms with Gasteiger partial charge in [-0.1, -0.05) is 81.9 Å². The summed E-state index contributed by atoms with van der Waals surface area (Å²) in [6.07, 6.45) is 0. The molecule has 0 atom stereocenters. The van der Waals surface area contributed by atoms with Gasteiger partial charge < -0.3 is 9.64 Å². The summed E-state index contributed by atoms with van der Waals surface area (Å²) in [7, 11) is 0. The van der Waals surface area contributed by atoms with Gasteiger partial charge in [-0.25, -0.2) is 0 Å². The zero-order chi connectivity index (χ0) is 21.9. The number of fused-ring (bicyclic) bond motifs is 6. The maximum absolute atomic E-state index is 6.30. The third-order valence-electron chi connectivity index (χ3n) is 6.54. The van der Waals surface area contributed by atoms with Crippen molar-refractivity contribution in [2.75, 3.05) is 4.90 Å². The monoisotopic (exact) mass is 600 g/mol. The molecule has 0 bridgehead atoms. The van der Waals surface area contributed by atoms with Crippen LogP contribution in [0.2, 0.25) is 0 Å². The quantitative estimate of drug-likeness (QED) is 0.285. The van der Waals surface area contributed by atoms with Crippen molar-refractivity contribution in [1.82, 2.24) is 0 Å². The molecule has 2 aliphatic heterocycles. The Labute approximate surface area is 205 Å². The minimum absolute atomic E-state index is 0. The van der Waals surface area contributed by atoms with Gasteiger partial charge >= 0.3 is 0 Å². The van der Waals surface area contributed by atoms with Crippen LogP contribution in [-0.4, -0.2) is 0 Å². The molecule has 2 heterocycles. The van der Waals surface area contributed by atoms with Gasteiger partial charge in [-0.05, 0) is 48.1 Å². The van der Waals surface area contributed by atoms with E-state index in [1.807, 2.05) is 6.73 Å². The van der Waals surface area contributed by atoms with Gasteiger partial charge in [-0.2, -0.15) is 23.8 Å². The van der Waals surface area contributed by atoms with Crippen LogP contribution >= 0.6 is 0 Å². The van der Waals surface area contributed by atoms with Crippen LogP contribution < -0.4 is 4.90 Å². The zero-order valence-corrected chi connectivity index (χ0v) is 21.9. The van der Waals surface area contributed by atoms with E-state index in [4.69, 9.17) is 4.74 Å². The molecular formula is C29H29IrNO-2. The van der Waals surface area contributed by atoms with Crippen LogP contribution in [0.15, 0.2) is 48.5 Å². The molecule has 0 amide bonds. The molecule has 2 nitrogen and oxygen atoms in total. The van der Waals surface area contributed by atoms with Crippen LogP contribution in [0.1, 0.15) is 72.9 Å². The Morgan fingerprint density at radius 2 is 1.50 bits per heavy atom. The summed E-state index contributed by atoms with van der Waals surface area (Å²) >= 11 is 0. The third-order valence-corrected chi connectivity index (χ3v) is 6.54. The number of hydrogen-bond donors (Lipinski definition) is 0. The summed E-state index contributed by atoms with van der Waals surface area (Å²) in [6.45, 7) is 15.1. The molecule has 5 rings (SSSR count). The van der Waals surface area contributed by atoms with E-state index >= 15 is 0 Å². The second-order valence-electron chi connectivity index (χ2n) is 9.35.